The summed E-state index contributed by atoms with van der Waals surface area (Å²) < 4.78 is 0. The SMILES string of the molecule is O=C(O)C1(CN2CCC(CCCCC3CCC3)(CN[C@@H]3CC3c3ccccc3)CC2)CC1. The van der Waals surface area contributed by atoms with Crippen LogP contribution in [0.25, 0.3) is 0 Å². The van der Waals surface area contributed by atoms with Gasteiger partial charge in [-0.3, -0.25) is 4.79 Å². The van der Waals surface area contributed by atoms with Crippen molar-refractivity contribution in [3.8, 4) is 0 Å². The van der Waals surface area contributed by atoms with E-state index in [0.717, 1.165) is 44.9 Å². The molecule has 1 aromatic carbocycles. The van der Waals surface area contributed by atoms with Crippen molar-refractivity contribution in [1.82, 2.24) is 10.2 Å². The normalized spacial score (nSPS) is 28.8. The lowest BCUT2D eigenvalue weighted by atomic mass is 9.73. The van der Waals surface area contributed by atoms with Crippen LogP contribution in [0, 0.1) is 16.7 Å². The Kier molecular flexibility index (Phi) is 6.63. The molecule has 5 rings (SSSR count). The van der Waals surface area contributed by atoms with Gasteiger partial charge in [0, 0.05) is 25.0 Å². The van der Waals surface area contributed by atoms with Crippen molar-refractivity contribution in [3.63, 3.8) is 0 Å². The van der Waals surface area contributed by atoms with Gasteiger partial charge < -0.3 is 15.3 Å². The number of hydrogen-bond acceptors (Lipinski definition) is 3. The third kappa shape index (κ3) is 5.22. The Balaban J connectivity index is 1.13. The van der Waals surface area contributed by atoms with Crippen molar-refractivity contribution in [2.24, 2.45) is 16.7 Å². The summed E-state index contributed by atoms with van der Waals surface area (Å²) in [6, 6.07) is 11.6. The molecule has 32 heavy (non-hydrogen) atoms. The fourth-order valence-corrected chi connectivity index (χ4v) is 6.27. The molecule has 1 aliphatic heterocycles. The number of carbonyl (C=O) groups is 1. The number of hydrogen-bond donors (Lipinski definition) is 2. The smallest absolute Gasteiger partial charge is 0.310 e. The molecule has 0 spiro atoms. The molecule has 2 atom stereocenters. The summed E-state index contributed by atoms with van der Waals surface area (Å²) in [5, 5.41) is 13.6. The standard InChI is InChI=1S/C28H42N2O2/c31-26(32)28(13-14-28)21-30-17-15-27(16-18-30,12-5-4-7-22-8-6-9-22)20-29-25-19-24(25)23-10-2-1-3-11-23/h1-3,10-11,22,24-25,29H,4-9,12-21H2,(H,31,32)/t24?,25-/m1/s1. The van der Waals surface area contributed by atoms with Crippen LogP contribution in [0.15, 0.2) is 30.3 Å². The number of unbranched alkanes of at least 4 members (excludes halogenated alkanes) is 1. The van der Waals surface area contributed by atoms with Crippen molar-refractivity contribution in [2.45, 2.75) is 89.0 Å². The Labute approximate surface area is 194 Å². The topological polar surface area (TPSA) is 52.6 Å². The molecule has 1 aromatic rings. The second-order valence-electron chi connectivity index (χ2n) is 11.6. The van der Waals surface area contributed by atoms with E-state index in [1.165, 1.54) is 69.8 Å². The minimum absolute atomic E-state index is 0.403. The molecule has 0 radical (unpaired) electrons. The highest BCUT2D eigenvalue weighted by Crippen LogP contribution is 2.48. The van der Waals surface area contributed by atoms with Gasteiger partial charge in [0.2, 0.25) is 0 Å². The minimum Gasteiger partial charge on any atom is -0.481 e. The van der Waals surface area contributed by atoms with E-state index >= 15 is 0 Å². The Hall–Kier alpha value is -1.39. The van der Waals surface area contributed by atoms with Crippen LogP contribution in [-0.4, -0.2) is 48.2 Å². The average Bonchev–Trinajstić information content (AvgIpc) is 3.69. The molecule has 0 amide bonds. The molecule has 0 aromatic heterocycles. The van der Waals surface area contributed by atoms with Gasteiger partial charge in [0.1, 0.15) is 0 Å². The fraction of sp³-hybridized carbons (Fsp3) is 0.750. The van der Waals surface area contributed by atoms with Crippen LogP contribution >= 0.6 is 0 Å². The van der Waals surface area contributed by atoms with Crippen molar-refractivity contribution in [3.05, 3.63) is 35.9 Å². The minimum atomic E-state index is -0.576. The highest BCUT2D eigenvalue weighted by atomic mass is 16.4. The number of rotatable bonds is 12. The van der Waals surface area contributed by atoms with Gasteiger partial charge in [0.15, 0.2) is 0 Å². The molecule has 1 unspecified atom stereocenters. The highest BCUT2D eigenvalue weighted by molar-refractivity contribution is 5.78. The zero-order valence-electron chi connectivity index (χ0n) is 19.7. The summed E-state index contributed by atoms with van der Waals surface area (Å²) in [5.74, 6) is 1.14. The molecule has 2 N–H and O–H groups in total. The molecule has 3 aliphatic carbocycles. The van der Waals surface area contributed by atoms with Crippen LogP contribution in [0.3, 0.4) is 0 Å². The van der Waals surface area contributed by atoms with Crippen LogP contribution in [0.4, 0.5) is 0 Å². The molecule has 4 aliphatic rings. The van der Waals surface area contributed by atoms with Crippen LogP contribution in [0.2, 0.25) is 0 Å². The Morgan fingerprint density at radius 1 is 1.06 bits per heavy atom. The molecule has 4 heteroatoms. The van der Waals surface area contributed by atoms with Gasteiger partial charge in [-0.25, -0.2) is 0 Å². The molecular weight excluding hydrogens is 396 g/mol. The third-order valence-corrected chi connectivity index (χ3v) is 9.30. The Morgan fingerprint density at radius 2 is 1.81 bits per heavy atom. The summed E-state index contributed by atoms with van der Waals surface area (Å²) in [7, 11) is 0. The van der Waals surface area contributed by atoms with Crippen molar-refractivity contribution >= 4 is 5.97 Å². The van der Waals surface area contributed by atoms with Gasteiger partial charge >= 0.3 is 5.97 Å². The zero-order chi connectivity index (χ0) is 22.0. The molecule has 1 heterocycles. The quantitative estimate of drug-likeness (QED) is 0.427. The third-order valence-electron chi connectivity index (χ3n) is 9.30. The second-order valence-corrected chi connectivity index (χ2v) is 11.6. The summed E-state index contributed by atoms with van der Waals surface area (Å²) in [4.78, 5) is 14.1. The zero-order valence-corrected chi connectivity index (χ0v) is 19.7. The maximum absolute atomic E-state index is 11.6. The van der Waals surface area contributed by atoms with Crippen LogP contribution in [-0.2, 0) is 4.79 Å². The number of likely N-dealkylation sites (tertiary alicyclic amines) is 1. The maximum Gasteiger partial charge on any atom is 0.310 e. The maximum atomic E-state index is 11.6. The molecule has 176 valence electrons. The summed E-state index contributed by atoms with van der Waals surface area (Å²) in [6.07, 6.45) is 15.4. The van der Waals surface area contributed by atoms with Gasteiger partial charge in [-0.15, -0.1) is 0 Å². The van der Waals surface area contributed by atoms with Crippen LogP contribution in [0.5, 0.6) is 0 Å². The molecular formula is C28H42N2O2. The first kappa shape index (κ1) is 22.4. The fourth-order valence-electron chi connectivity index (χ4n) is 6.27. The van der Waals surface area contributed by atoms with Crippen LogP contribution in [0.1, 0.15) is 88.5 Å². The first-order valence-corrected chi connectivity index (χ1v) is 13.3. The van der Waals surface area contributed by atoms with Gasteiger partial charge in [-0.1, -0.05) is 68.9 Å². The first-order valence-electron chi connectivity index (χ1n) is 13.3. The van der Waals surface area contributed by atoms with E-state index < -0.39 is 11.4 Å². The molecule has 0 bridgehead atoms. The van der Waals surface area contributed by atoms with E-state index in [4.69, 9.17) is 0 Å². The summed E-state index contributed by atoms with van der Waals surface area (Å²) >= 11 is 0. The largest absolute Gasteiger partial charge is 0.481 e. The van der Waals surface area contributed by atoms with Crippen molar-refractivity contribution in [1.29, 1.82) is 0 Å². The van der Waals surface area contributed by atoms with Gasteiger partial charge in [-0.05, 0) is 68.5 Å². The monoisotopic (exact) mass is 438 g/mol. The van der Waals surface area contributed by atoms with Gasteiger partial charge in [-0.2, -0.15) is 0 Å². The molecule has 4 fully saturated rings. The van der Waals surface area contributed by atoms with E-state index in [9.17, 15) is 9.90 Å². The Bertz CT molecular complexity index is 763. The van der Waals surface area contributed by atoms with E-state index in [1.807, 2.05) is 0 Å². The number of carboxylic acids is 1. The number of aliphatic carboxylic acids is 1. The van der Waals surface area contributed by atoms with Crippen molar-refractivity contribution < 1.29 is 9.90 Å². The number of carboxylic acid groups (broad SMARTS) is 1. The Morgan fingerprint density at radius 3 is 2.44 bits per heavy atom. The molecule has 3 saturated carbocycles. The summed E-state index contributed by atoms with van der Waals surface area (Å²) in [6.45, 7) is 4.06. The second kappa shape index (κ2) is 9.46. The van der Waals surface area contributed by atoms with E-state index in [1.54, 1.807) is 0 Å². The van der Waals surface area contributed by atoms with E-state index in [0.29, 0.717) is 17.4 Å². The molecule has 1 saturated heterocycles. The summed E-state index contributed by atoms with van der Waals surface area (Å²) in [5.41, 5.74) is 1.47. The number of piperidine rings is 1. The van der Waals surface area contributed by atoms with Gasteiger partial charge in [0.25, 0.3) is 0 Å². The van der Waals surface area contributed by atoms with E-state index in [-0.39, 0.29) is 0 Å². The average molecular weight is 439 g/mol. The van der Waals surface area contributed by atoms with E-state index in [2.05, 4.69) is 40.5 Å². The highest BCUT2D eigenvalue weighted by Gasteiger charge is 2.52. The lowest BCUT2D eigenvalue weighted by molar-refractivity contribution is -0.144. The predicted octanol–water partition coefficient (Wildman–Crippen LogP) is 5.44. The first-order chi connectivity index (χ1) is 15.6. The lowest BCUT2D eigenvalue weighted by Gasteiger charge is -2.43. The molecule has 4 nitrogen and oxygen atoms in total. The number of nitrogens with one attached hydrogen (secondary N) is 1. The van der Waals surface area contributed by atoms with Crippen LogP contribution < -0.4 is 5.32 Å². The predicted molar refractivity (Wildman–Crippen MR) is 129 cm³/mol. The number of benzene rings is 1. The van der Waals surface area contributed by atoms with Crippen molar-refractivity contribution in [2.75, 3.05) is 26.2 Å². The van der Waals surface area contributed by atoms with Gasteiger partial charge in [0.05, 0.1) is 5.41 Å². The lowest BCUT2D eigenvalue weighted by Crippen LogP contribution is -2.47. The number of nitrogens with zero attached hydrogens (tertiary/aromatic N) is 1.